The lowest BCUT2D eigenvalue weighted by molar-refractivity contribution is -0.148. The van der Waals surface area contributed by atoms with Crippen molar-refractivity contribution in [3.63, 3.8) is 0 Å². The van der Waals surface area contributed by atoms with E-state index in [2.05, 4.69) is 15.4 Å². The number of nitrogens with zero attached hydrogens (tertiary/aromatic N) is 4. The first kappa shape index (κ1) is 8.67. The number of carbonyl (C=O) groups is 1. The number of aryl methyl sites for hydroxylation is 1. The normalized spacial score (nSPS) is 20.4. The molecule has 1 aliphatic rings. The van der Waals surface area contributed by atoms with E-state index in [0.717, 1.165) is 0 Å². The van der Waals surface area contributed by atoms with Crippen LogP contribution in [0.4, 0.5) is 0 Å². The lowest BCUT2D eigenvalue weighted by atomic mass is 10.1. The molecule has 7 heteroatoms. The number of oxime groups is 1. The summed E-state index contributed by atoms with van der Waals surface area (Å²) < 4.78 is 0. The van der Waals surface area contributed by atoms with Crippen LogP contribution < -0.4 is 0 Å². The lowest BCUT2D eigenvalue weighted by Crippen LogP contribution is -2.20. The fourth-order valence-corrected chi connectivity index (χ4v) is 1.14. The van der Waals surface area contributed by atoms with E-state index in [9.17, 15) is 4.79 Å². The molecule has 2 heterocycles. The van der Waals surface area contributed by atoms with Crippen molar-refractivity contribution in [2.75, 3.05) is 0 Å². The molecule has 7 nitrogen and oxygen atoms in total. The fourth-order valence-electron chi connectivity index (χ4n) is 1.14. The Hall–Kier alpha value is -1.92. The van der Waals surface area contributed by atoms with Gasteiger partial charge in [-0.15, -0.1) is 0 Å². The van der Waals surface area contributed by atoms with Crippen LogP contribution in [0.15, 0.2) is 11.4 Å². The van der Waals surface area contributed by atoms with Crippen molar-refractivity contribution >= 4 is 11.7 Å². The third kappa shape index (κ3) is 1.43. The largest absolute Gasteiger partial charge is 0.478 e. The Labute approximate surface area is 79.0 Å². The highest BCUT2D eigenvalue weighted by atomic mass is 16.7. The van der Waals surface area contributed by atoms with Gasteiger partial charge in [-0.3, -0.25) is 0 Å². The molecule has 74 valence electrons. The molecule has 0 saturated carbocycles. The number of carboxylic acids is 1. The molecule has 0 aromatic carbocycles. The summed E-state index contributed by atoms with van der Waals surface area (Å²) in [7, 11) is 1.68. The van der Waals surface area contributed by atoms with Gasteiger partial charge in [-0.25, -0.2) is 4.79 Å². The van der Waals surface area contributed by atoms with E-state index >= 15 is 0 Å². The number of aliphatic carboxylic acids is 1. The highest BCUT2D eigenvalue weighted by Gasteiger charge is 2.29. The first-order chi connectivity index (χ1) is 6.66. The van der Waals surface area contributed by atoms with Gasteiger partial charge in [0.05, 0.1) is 6.20 Å². The van der Waals surface area contributed by atoms with Gasteiger partial charge in [0.1, 0.15) is 11.4 Å². The molecule has 0 amide bonds. The summed E-state index contributed by atoms with van der Waals surface area (Å²) in [5, 5.41) is 20.1. The monoisotopic (exact) mass is 196 g/mol. The van der Waals surface area contributed by atoms with E-state index in [-0.39, 0.29) is 6.42 Å². The third-order valence-corrected chi connectivity index (χ3v) is 1.84. The maximum atomic E-state index is 10.5. The summed E-state index contributed by atoms with van der Waals surface area (Å²) in [5.74, 6) is -1.02. The van der Waals surface area contributed by atoms with Gasteiger partial charge in [0, 0.05) is 13.5 Å². The zero-order valence-electron chi connectivity index (χ0n) is 7.41. The highest BCUT2D eigenvalue weighted by molar-refractivity contribution is 6.01. The van der Waals surface area contributed by atoms with E-state index in [0.29, 0.717) is 11.4 Å². The number of carboxylic acid groups (broad SMARTS) is 1. The first-order valence-corrected chi connectivity index (χ1v) is 3.99. The molecule has 0 aliphatic carbocycles. The Morgan fingerprint density at radius 2 is 2.57 bits per heavy atom. The lowest BCUT2D eigenvalue weighted by Gasteiger charge is -1.98. The van der Waals surface area contributed by atoms with Crippen molar-refractivity contribution in [3.05, 3.63) is 11.9 Å². The molecule has 1 atom stereocenters. The Balaban J connectivity index is 2.12. The summed E-state index contributed by atoms with van der Waals surface area (Å²) in [4.78, 5) is 16.6. The van der Waals surface area contributed by atoms with Crippen LogP contribution in [0, 0.1) is 0 Å². The molecule has 0 spiro atoms. The summed E-state index contributed by atoms with van der Waals surface area (Å²) >= 11 is 0. The summed E-state index contributed by atoms with van der Waals surface area (Å²) in [5.41, 5.74) is 1.07. The van der Waals surface area contributed by atoms with Gasteiger partial charge in [-0.2, -0.15) is 15.0 Å². The Kier molecular flexibility index (Phi) is 1.91. The van der Waals surface area contributed by atoms with Crippen molar-refractivity contribution < 1.29 is 14.7 Å². The Morgan fingerprint density at radius 1 is 1.79 bits per heavy atom. The van der Waals surface area contributed by atoms with Gasteiger partial charge < -0.3 is 9.94 Å². The number of hydrogen-bond acceptors (Lipinski definition) is 5. The average molecular weight is 196 g/mol. The zero-order valence-corrected chi connectivity index (χ0v) is 7.41. The van der Waals surface area contributed by atoms with Crippen molar-refractivity contribution in [3.8, 4) is 0 Å². The predicted octanol–water partition coefficient (Wildman–Crippen LogP) is -0.607. The Bertz CT molecular complexity index is 397. The minimum Gasteiger partial charge on any atom is -0.478 e. The quantitative estimate of drug-likeness (QED) is 0.681. The Morgan fingerprint density at radius 3 is 3.07 bits per heavy atom. The number of aromatic nitrogens is 3. The van der Waals surface area contributed by atoms with Gasteiger partial charge in [0.2, 0.25) is 6.10 Å². The third-order valence-electron chi connectivity index (χ3n) is 1.84. The van der Waals surface area contributed by atoms with E-state index in [4.69, 9.17) is 9.94 Å². The molecule has 1 N–H and O–H groups in total. The molecule has 0 radical (unpaired) electrons. The molecular weight excluding hydrogens is 188 g/mol. The second-order valence-corrected chi connectivity index (χ2v) is 2.89. The topological polar surface area (TPSA) is 89.6 Å². The van der Waals surface area contributed by atoms with Gasteiger partial charge in [-0.05, 0) is 0 Å². The van der Waals surface area contributed by atoms with Crippen LogP contribution in [0.1, 0.15) is 12.1 Å². The second-order valence-electron chi connectivity index (χ2n) is 2.89. The number of hydrogen-bond donors (Lipinski definition) is 1. The highest BCUT2D eigenvalue weighted by Crippen LogP contribution is 2.14. The van der Waals surface area contributed by atoms with Crippen LogP contribution in [-0.2, 0) is 16.7 Å². The minimum atomic E-state index is -1.02. The molecular formula is C7H8N4O3. The molecule has 1 aromatic rings. The maximum Gasteiger partial charge on any atom is 0.348 e. The first-order valence-electron chi connectivity index (χ1n) is 3.99. The van der Waals surface area contributed by atoms with Crippen molar-refractivity contribution in [2.24, 2.45) is 12.2 Å². The van der Waals surface area contributed by atoms with E-state index in [1.165, 1.54) is 11.0 Å². The van der Waals surface area contributed by atoms with E-state index in [1.807, 2.05) is 0 Å². The molecule has 0 bridgehead atoms. The van der Waals surface area contributed by atoms with Gasteiger partial charge in [-0.1, -0.05) is 5.16 Å². The van der Waals surface area contributed by atoms with E-state index < -0.39 is 12.1 Å². The van der Waals surface area contributed by atoms with Crippen LogP contribution in [0.5, 0.6) is 0 Å². The van der Waals surface area contributed by atoms with Gasteiger partial charge in [0.25, 0.3) is 0 Å². The van der Waals surface area contributed by atoms with Crippen LogP contribution in [-0.4, -0.2) is 37.9 Å². The average Bonchev–Trinajstić information content (AvgIpc) is 2.70. The molecule has 0 fully saturated rings. The smallest absolute Gasteiger partial charge is 0.348 e. The van der Waals surface area contributed by atoms with Crippen molar-refractivity contribution in [1.82, 2.24) is 15.0 Å². The molecule has 0 saturated heterocycles. The summed E-state index contributed by atoms with van der Waals surface area (Å²) in [6, 6.07) is 0. The minimum absolute atomic E-state index is 0.230. The number of rotatable bonds is 2. The summed E-state index contributed by atoms with van der Waals surface area (Å²) in [6.45, 7) is 0. The van der Waals surface area contributed by atoms with Crippen molar-refractivity contribution in [1.29, 1.82) is 0 Å². The molecule has 1 aliphatic heterocycles. The second kappa shape index (κ2) is 3.09. The standard InChI is InChI=1S/C7H8N4O3/c1-11-8-3-5(9-11)4-2-6(7(12)13)14-10-4/h3,6H,2H2,1H3,(H,12,13). The molecule has 1 unspecified atom stereocenters. The SMILES string of the molecule is Cn1ncc(C2=NOC(C(=O)O)C2)n1. The van der Waals surface area contributed by atoms with Gasteiger partial charge >= 0.3 is 5.97 Å². The van der Waals surface area contributed by atoms with Crippen LogP contribution in [0.25, 0.3) is 0 Å². The molecule has 1 aromatic heterocycles. The molecule has 14 heavy (non-hydrogen) atoms. The maximum absolute atomic E-state index is 10.5. The van der Waals surface area contributed by atoms with Crippen molar-refractivity contribution in [2.45, 2.75) is 12.5 Å². The van der Waals surface area contributed by atoms with Crippen LogP contribution in [0.2, 0.25) is 0 Å². The molecule has 2 rings (SSSR count). The van der Waals surface area contributed by atoms with E-state index in [1.54, 1.807) is 7.05 Å². The fraction of sp³-hybridized carbons (Fsp3) is 0.429. The van der Waals surface area contributed by atoms with Gasteiger partial charge in [0.15, 0.2) is 0 Å². The van der Waals surface area contributed by atoms with Crippen LogP contribution in [0.3, 0.4) is 0 Å². The van der Waals surface area contributed by atoms with Crippen LogP contribution >= 0.6 is 0 Å². The summed E-state index contributed by atoms with van der Waals surface area (Å²) in [6.07, 6.45) is 0.854. The predicted molar refractivity (Wildman–Crippen MR) is 44.7 cm³/mol. The zero-order chi connectivity index (χ0) is 10.1.